The van der Waals surface area contributed by atoms with Gasteiger partial charge in [0.05, 0.1) is 0 Å². The van der Waals surface area contributed by atoms with Crippen molar-refractivity contribution in [1.29, 1.82) is 0 Å². The fraction of sp³-hybridized carbons (Fsp3) is 0.667. The first-order valence-electron chi connectivity index (χ1n) is 6.95. The van der Waals surface area contributed by atoms with Crippen molar-refractivity contribution in [2.45, 2.75) is 51.4 Å². The second-order valence-corrected chi connectivity index (χ2v) is 5.86. The Labute approximate surface area is 132 Å². The van der Waals surface area contributed by atoms with E-state index in [0.29, 0.717) is 30.7 Å². The molecule has 0 atom stereocenters. The quantitative estimate of drug-likeness (QED) is 0.351. The Kier molecular flexibility index (Phi) is 7.10. The second kappa shape index (κ2) is 8.58. The van der Waals surface area contributed by atoms with Gasteiger partial charge in [0.2, 0.25) is 0 Å². The van der Waals surface area contributed by atoms with Gasteiger partial charge < -0.3 is 9.02 Å². The topological polar surface area (TPSA) is 144 Å². The predicted octanol–water partition coefficient (Wildman–Crippen LogP) is 0.280. The van der Waals surface area contributed by atoms with Gasteiger partial charge in [-0.1, -0.05) is 12.8 Å². The SMILES string of the molecule is O=C(CCCCCCC(=O)OS(=O)(=O)O)ON1C(=O)CCC1=O. The third-order valence-electron chi connectivity index (χ3n) is 2.91. The highest BCUT2D eigenvalue weighted by molar-refractivity contribution is 7.81. The minimum atomic E-state index is -4.77. The highest BCUT2D eigenvalue weighted by Gasteiger charge is 2.32. The molecule has 0 aromatic rings. The van der Waals surface area contributed by atoms with E-state index in [4.69, 9.17) is 4.55 Å². The number of rotatable bonds is 9. The fourth-order valence-electron chi connectivity index (χ4n) is 1.86. The van der Waals surface area contributed by atoms with E-state index in [9.17, 15) is 27.6 Å². The van der Waals surface area contributed by atoms with Gasteiger partial charge in [-0.2, -0.15) is 8.42 Å². The summed E-state index contributed by atoms with van der Waals surface area (Å²) < 4.78 is 32.5. The summed E-state index contributed by atoms with van der Waals surface area (Å²) in [5, 5.41) is 0.480. The molecule has 0 bridgehead atoms. The van der Waals surface area contributed by atoms with Crippen LogP contribution in [0.1, 0.15) is 51.4 Å². The summed E-state index contributed by atoms with van der Waals surface area (Å²) >= 11 is 0. The molecule has 11 heteroatoms. The van der Waals surface area contributed by atoms with Crippen LogP contribution in [0, 0.1) is 0 Å². The zero-order chi connectivity index (χ0) is 17.5. The highest BCUT2D eigenvalue weighted by Crippen LogP contribution is 2.14. The van der Waals surface area contributed by atoms with Gasteiger partial charge >= 0.3 is 22.3 Å². The molecule has 0 unspecified atom stereocenters. The zero-order valence-electron chi connectivity index (χ0n) is 12.2. The molecule has 130 valence electrons. The van der Waals surface area contributed by atoms with E-state index in [1.807, 2.05) is 0 Å². The van der Waals surface area contributed by atoms with Crippen LogP contribution in [0.4, 0.5) is 0 Å². The Balaban J connectivity index is 2.09. The molecule has 1 rings (SSSR count). The summed E-state index contributed by atoms with van der Waals surface area (Å²) in [4.78, 5) is 49.5. The third kappa shape index (κ3) is 7.70. The summed E-state index contributed by atoms with van der Waals surface area (Å²) in [5.41, 5.74) is 0. The van der Waals surface area contributed by atoms with Crippen LogP contribution in [-0.2, 0) is 38.6 Å². The van der Waals surface area contributed by atoms with Crippen molar-refractivity contribution in [2.75, 3.05) is 0 Å². The van der Waals surface area contributed by atoms with Crippen molar-refractivity contribution >= 4 is 34.2 Å². The van der Waals surface area contributed by atoms with Crippen LogP contribution in [0.5, 0.6) is 0 Å². The molecule has 0 aromatic heterocycles. The molecule has 0 aromatic carbocycles. The Morgan fingerprint density at radius 2 is 1.43 bits per heavy atom. The Hall–Kier alpha value is -2.01. The first-order valence-corrected chi connectivity index (χ1v) is 8.32. The average molecular weight is 351 g/mol. The number of amides is 2. The smallest absolute Gasteiger partial charge is 0.330 e. The standard InChI is InChI=1S/C12H17NO9S/c14-9-7-8-10(15)13(9)21-11(16)5-3-1-2-4-6-12(17)22-23(18,19)20/h1-8H2,(H,18,19,20). The molecule has 0 radical (unpaired) electrons. The van der Waals surface area contributed by atoms with E-state index in [0.717, 1.165) is 0 Å². The Morgan fingerprint density at radius 3 is 1.91 bits per heavy atom. The lowest BCUT2D eigenvalue weighted by Gasteiger charge is -2.12. The molecule has 1 aliphatic heterocycles. The fourth-order valence-corrected chi connectivity index (χ4v) is 2.17. The monoisotopic (exact) mass is 351 g/mol. The van der Waals surface area contributed by atoms with Gasteiger partial charge in [0.15, 0.2) is 0 Å². The largest absolute Gasteiger partial charge is 0.448 e. The van der Waals surface area contributed by atoms with Crippen LogP contribution in [-0.4, -0.2) is 41.8 Å². The first kappa shape index (κ1) is 19.0. The minimum absolute atomic E-state index is 0.00647. The van der Waals surface area contributed by atoms with Gasteiger partial charge in [-0.05, 0) is 12.8 Å². The number of hydroxylamine groups is 2. The Morgan fingerprint density at radius 1 is 0.957 bits per heavy atom. The molecule has 0 spiro atoms. The van der Waals surface area contributed by atoms with Crippen LogP contribution in [0.3, 0.4) is 0 Å². The molecule has 1 fully saturated rings. The van der Waals surface area contributed by atoms with Crippen LogP contribution in [0.15, 0.2) is 0 Å². The maximum absolute atomic E-state index is 11.5. The number of unbranched alkanes of at least 4 members (excludes halogenated alkanes) is 3. The van der Waals surface area contributed by atoms with E-state index < -0.39 is 34.2 Å². The molecular formula is C12H17NO9S. The molecule has 0 saturated carbocycles. The van der Waals surface area contributed by atoms with Crippen molar-refractivity contribution in [1.82, 2.24) is 5.06 Å². The first-order chi connectivity index (χ1) is 10.7. The summed E-state index contributed by atoms with van der Waals surface area (Å²) in [6.45, 7) is 0. The molecule has 1 saturated heterocycles. The minimum Gasteiger partial charge on any atom is -0.330 e. The molecule has 23 heavy (non-hydrogen) atoms. The molecule has 1 N–H and O–H groups in total. The third-order valence-corrected chi connectivity index (χ3v) is 3.31. The maximum Gasteiger partial charge on any atom is 0.448 e. The summed E-state index contributed by atoms with van der Waals surface area (Å²) in [6.07, 6.45) is 1.71. The van der Waals surface area contributed by atoms with E-state index >= 15 is 0 Å². The van der Waals surface area contributed by atoms with Gasteiger partial charge in [0.25, 0.3) is 11.8 Å². The second-order valence-electron chi connectivity index (χ2n) is 4.84. The number of hydrogen-bond acceptors (Lipinski definition) is 8. The van der Waals surface area contributed by atoms with E-state index in [-0.39, 0.29) is 25.7 Å². The molecule has 10 nitrogen and oxygen atoms in total. The molecule has 1 heterocycles. The number of carbonyl (C=O) groups is 4. The van der Waals surface area contributed by atoms with Crippen molar-refractivity contribution in [3.05, 3.63) is 0 Å². The lowest BCUT2D eigenvalue weighted by Crippen LogP contribution is -2.31. The lowest BCUT2D eigenvalue weighted by molar-refractivity contribution is -0.197. The normalized spacial score (nSPS) is 14.9. The number of hydrogen-bond donors (Lipinski definition) is 1. The Bertz CT molecular complexity index is 567. The molecule has 0 aliphatic carbocycles. The van der Waals surface area contributed by atoms with Gasteiger partial charge in [-0.25, -0.2) is 4.79 Å². The van der Waals surface area contributed by atoms with Crippen LogP contribution >= 0.6 is 0 Å². The summed E-state index contributed by atoms with van der Waals surface area (Å²) in [5.74, 6) is -2.83. The summed E-state index contributed by atoms with van der Waals surface area (Å²) in [7, 11) is -4.77. The van der Waals surface area contributed by atoms with Crippen molar-refractivity contribution in [3.63, 3.8) is 0 Å². The van der Waals surface area contributed by atoms with Gasteiger partial charge in [0.1, 0.15) is 0 Å². The maximum atomic E-state index is 11.5. The van der Waals surface area contributed by atoms with E-state index in [2.05, 4.69) is 9.02 Å². The van der Waals surface area contributed by atoms with Crippen LogP contribution < -0.4 is 0 Å². The van der Waals surface area contributed by atoms with E-state index in [1.165, 1.54) is 0 Å². The van der Waals surface area contributed by atoms with Gasteiger partial charge in [-0.3, -0.25) is 18.9 Å². The van der Waals surface area contributed by atoms with Crippen molar-refractivity contribution < 1.29 is 41.2 Å². The van der Waals surface area contributed by atoms with Gasteiger partial charge in [-0.15, -0.1) is 5.06 Å². The number of nitrogens with zero attached hydrogens (tertiary/aromatic N) is 1. The van der Waals surface area contributed by atoms with Crippen molar-refractivity contribution in [2.24, 2.45) is 0 Å². The molecule has 1 aliphatic rings. The number of imide groups is 1. The number of carbonyl (C=O) groups excluding carboxylic acids is 4. The molecular weight excluding hydrogens is 334 g/mol. The summed E-state index contributed by atoms with van der Waals surface area (Å²) in [6, 6.07) is 0. The van der Waals surface area contributed by atoms with Crippen molar-refractivity contribution in [3.8, 4) is 0 Å². The lowest BCUT2D eigenvalue weighted by atomic mass is 10.1. The van der Waals surface area contributed by atoms with Crippen LogP contribution in [0.25, 0.3) is 0 Å². The highest BCUT2D eigenvalue weighted by atomic mass is 32.3. The predicted molar refractivity (Wildman–Crippen MR) is 72.5 cm³/mol. The van der Waals surface area contributed by atoms with Crippen LogP contribution in [0.2, 0.25) is 0 Å². The average Bonchev–Trinajstić information content (AvgIpc) is 2.72. The zero-order valence-corrected chi connectivity index (χ0v) is 13.0. The van der Waals surface area contributed by atoms with Gasteiger partial charge in [0, 0.05) is 25.7 Å². The molecule has 2 amide bonds. The van der Waals surface area contributed by atoms with E-state index in [1.54, 1.807) is 0 Å².